The molecular formula is C20H13F9N2O2. The molecule has 0 aromatic heterocycles. The molecule has 0 aliphatic heterocycles. The molecule has 1 N–H and O–H groups in total. The van der Waals surface area contributed by atoms with Crippen molar-refractivity contribution < 1.29 is 49.4 Å². The van der Waals surface area contributed by atoms with Crippen LogP contribution in [0.25, 0.3) is 0 Å². The van der Waals surface area contributed by atoms with Gasteiger partial charge in [-0.05, 0) is 54.4 Å². The van der Waals surface area contributed by atoms with Crippen LogP contribution in [0.5, 0.6) is 0 Å². The summed E-state index contributed by atoms with van der Waals surface area (Å²) in [6.07, 6.45) is -17.0. The number of amides is 1. The first-order valence-electron chi connectivity index (χ1n) is 8.84. The lowest BCUT2D eigenvalue weighted by atomic mass is 9.97. The molecule has 2 aromatic carbocycles. The Morgan fingerprint density at radius 1 is 0.909 bits per heavy atom. The molecule has 0 saturated carbocycles. The van der Waals surface area contributed by atoms with E-state index in [0.717, 1.165) is 13.0 Å². The van der Waals surface area contributed by atoms with Crippen LogP contribution in [-0.2, 0) is 25.1 Å². The third-order valence-electron chi connectivity index (χ3n) is 4.66. The molecule has 0 radical (unpaired) electrons. The third-order valence-corrected chi connectivity index (χ3v) is 4.66. The van der Waals surface area contributed by atoms with E-state index in [1.807, 2.05) is 0 Å². The van der Waals surface area contributed by atoms with Crippen molar-refractivity contribution in [1.82, 2.24) is 4.90 Å². The predicted octanol–water partition coefficient (Wildman–Crippen LogP) is 6.86. The SMILES string of the molecule is CC(c1cc(C(F)(F)F)ccc1C#N)N(Cc1cc(C(F)(F)F)cc(C(F)(F)F)c1)C(=O)O. The summed E-state index contributed by atoms with van der Waals surface area (Å²) in [4.78, 5) is 12.1. The van der Waals surface area contributed by atoms with Crippen LogP contribution < -0.4 is 0 Å². The maximum atomic E-state index is 13.1. The average Bonchev–Trinajstić information content (AvgIpc) is 2.68. The van der Waals surface area contributed by atoms with Gasteiger partial charge in [0.1, 0.15) is 0 Å². The maximum absolute atomic E-state index is 13.1. The molecule has 13 heteroatoms. The van der Waals surface area contributed by atoms with Gasteiger partial charge in [-0.3, -0.25) is 4.90 Å². The van der Waals surface area contributed by atoms with Gasteiger partial charge in [0.15, 0.2) is 0 Å². The van der Waals surface area contributed by atoms with Crippen molar-refractivity contribution in [3.8, 4) is 6.07 Å². The maximum Gasteiger partial charge on any atom is 0.416 e. The van der Waals surface area contributed by atoms with Gasteiger partial charge in [0.2, 0.25) is 0 Å². The number of nitriles is 1. The minimum Gasteiger partial charge on any atom is -0.465 e. The van der Waals surface area contributed by atoms with Crippen LogP contribution in [0, 0.1) is 11.3 Å². The van der Waals surface area contributed by atoms with Crippen molar-refractivity contribution in [1.29, 1.82) is 5.26 Å². The first kappa shape index (κ1) is 25.8. The highest BCUT2D eigenvalue weighted by Gasteiger charge is 2.38. The zero-order chi connectivity index (χ0) is 25.4. The molecule has 0 bridgehead atoms. The predicted molar refractivity (Wildman–Crippen MR) is 94.6 cm³/mol. The quantitative estimate of drug-likeness (QED) is 0.483. The van der Waals surface area contributed by atoms with E-state index in [4.69, 9.17) is 0 Å². The van der Waals surface area contributed by atoms with Gasteiger partial charge in [-0.25, -0.2) is 4.79 Å². The lowest BCUT2D eigenvalue weighted by molar-refractivity contribution is -0.143. The van der Waals surface area contributed by atoms with Gasteiger partial charge in [-0.15, -0.1) is 0 Å². The fraction of sp³-hybridized carbons (Fsp3) is 0.300. The molecule has 1 amide bonds. The lowest BCUT2D eigenvalue weighted by Gasteiger charge is -2.28. The second-order valence-corrected chi connectivity index (χ2v) is 6.91. The molecule has 0 spiro atoms. The zero-order valence-corrected chi connectivity index (χ0v) is 16.4. The number of halogens is 9. The van der Waals surface area contributed by atoms with Gasteiger partial charge in [0.05, 0.1) is 34.4 Å². The lowest BCUT2D eigenvalue weighted by Crippen LogP contribution is -2.32. The molecule has 1 unspecified atom stereocenters. The first-order chi connectivity index (χ1) is 14.9. The minimum atomic E-state index is -5.18. The van der Waals surface area contributed by atoms with E-state index in [0.29, 0.717) is 29.2 Å². The van der Waals surface area contributed by atoms with Gasteiger partial charge in [0.25, 0.3) is 0 Å². The Morgan fingerprint density at radius 2 is 1.39 bits per heavy atom. The highest BCUT2D eigenvalue weighted by atomic mass is 19.4. The van der Waals surface area contributed by atoms with Gasteiger partial charge in [-0.1, -0.05) is 0 Å². The highest BCUT2D eigenvalue weighted by Crippen LogP contribution is 2.38. The van der Waals surface area contributed by atoms with Crippen molar-refractivity contribution in [2.75, 3.05) is 0 Å². The van der Waals surface area contributed by atoms with Crippen LogP contribution in [0.4, 0.5) is 44.3 Å². The topological polar surface area (TPSA) is 64.3 Å². The molecule has 0 heterocycles. The second-order valence-electron chi connectivity index (χ2n) is 6.91. The second kappa shape index (κ2) is 8.84. The highest BCUT2D eigenvalue weighted by molar-refractivity contribution is 5.66. The molecule has 0 saturated heterocycles. The Bertz CT molecular complexity index is 1050. The molecule has 0 aliphatic rings. The van der Waals surface area contributed by atoms with E-state index in [1.54, 1.807) is 6.07 Å². The van der Waals surface area contributed by atoms with E-state index in [9.17, 15) is 54.7 Å². The zero-order valence-electron chi connectivity index (χ0n) is 16.4. The largest absolute Gasteiger partial charge is 0.465 e. The molecule has 4 nitrogen and oxygen atoms in total. The number of alkyl halides is 9. The van der Waals surface area contributed by atoms with E-state index < -0.39 is 65.0 Å². The Balaban J connectivity index is 2.58. The van der Waals surface area contributed by atoms with Crippen LogP contribution in [0.3, 0.4) is 0 Å². The first-order valence-corrected chi connectivity index (χ1v) is 8.84. The van der Waals surface area contributed by atoms with Crippen LogP contribution in [0.15, 0.2) is 36.4 Å². The Morgan fingerprint density at radius 3 is 1.79 bits per heavy atom. The van der Waals surface area contributed by atoms with Gasteiger partial charge in [-0.2, -0.15) is 44.8 Å². The molecule has 1 atom stereocenters. The molecule has 33 heavy (non-hydrogen) atoms. The number of hydrogen-bond acceptors (Lipinski definition) is 2. The van der Waals surface area contributed by atoms with E-state index in [1.165, 1.54) is 0 Å². The summed E-state index contributed by atoms with van der Waals surface area (Å²) in [5, 5.41) is 18.7. The molecular weight excluding hydrogens is 471 g/mol. The molecule has 0 fully saturated rings. The number of carboxylic acid groups (broad SMARTS) is 1. The number of carbonyl (C=O) groups is 1. The monoisotopic (exact) mass is 484 g/mol. The van der Waals surface area contributed by atoms with Crippen molar-refractivity contribution in [3.05, 3.63) is 69.8 Å². The van der Waals surface area contributed by atoms with E-state index >= 15 is 0 Å². The van der Waals surface area contributed by atoms with Gasteiger partial charge in [0, 0.05) is 6.54 Å². The van der Waals surface area contributed by atoms with Crippen LogP contribution >= 0.6 is 0 Å². The Kier molecular flexibility index (Phi) is 6.92. The molecule has 2 rings (SSSR count). The van der Waals surface area contributed by atoms with Crippen molar-refractivity contribution in [2.45, 2.75) is 38.0 Å². The standard InChI is InChI=1S/C20H13F9N2O2/c1-10(16-7-13(18(21,22)23)3-2-12(16)8-30)31(17(32)33)9-11-4-14(19(24,25)26)6-15(5-11)20(27,28)29/h2-7,10H,9H2,1H3,(H,32,33). The summed E-state index contributed by atoms with van der Waals surface area (Å²) in [5.41, 5.74) is -6.03. The summed E-state index contributed by atoms with van der Waals surface area (Å²) in [5.74, 6) is 0. The van der Waals surface area contributed by atoms with Crippen LogP contribution in [0.2, 0.25) is 0 Å². The van der Waals surface area contributed by atoms with E-state index in [-0.39, 0.29) is 11.6 Å². The third kappa shape index (κ3) is 6.09. The smallest absolute Gasteiger partial charge is 0.416 e. The average molecular weight is 484 g/mol. The molecule has 178 valence electrons. The fourth-order valence-corrected chi connectivity index (χ4v) is 3.03. The number of rotatable bonds is 4. The normalized spacial score (nSPS) is 13.4. The summed E-state index contributed by atoms with van der Waals surface area (Å²) in [6.45, 7) is 0.0351. The van der Waals surface area contributed by atoms with Crippen LogP contribution in [0.1, 0.15) is 46.3 Å². The minimum absolute atomic E-state index is 0.140. The van der Waals surface area contributed by atoms with Crippen LogP contribution in [-0.4, -0.2) is 16.1 Å². The van der Waals surface area contributed by atoms with Gasteiger partial charge >= 0.3 is 24.6 Å². The summed E-state index contributed by atoms with van der Waals surface area (Å²) < 4.78 is 118. The number of hydrogen-bond donors (Lipinski definition) is 1. The van der Waals surface area contributed by atoms with Crippen molar-refractivity contribution in [3.63, 3.8) is 0 Å². The Labute approximate surface area is 180 Å². The summed E-state index contributed by atoms with van der Waals surface area (Å²) in [6, 6.07) is 2.44. The van der Waals surface area contributed by atoms with Crippen molar-refractivity contribution in [2.24, 2.45) is 0 Å². The number of benzene rings is 2. The van der Waals surface area contributed by atoms with Crippen molar-refractivity contribution >= 4 is 6.09 Å². The van der Waals surface area contributed by atoms with Gasteiger partial charge < -0.3 is 5.11 Å². The summed E-state index contributed by atoms with van der Waals surface area (Å²) >= 11 is 0. The Hall–Kier alpha value is -3.43. The van der Waals surface area contributed by atoms with E-state index in [2.05, 4.69) is 0 Å². The summed E-state index contributed by atoms with van der Waals surface area (Å²) in [7, 11) is 0. The fourth-order valence-electron chi connectivity index (χ4n) is 3.03. The molecule has 2 aromatic rings. The molecule has 0 aliphatic carbocycles. The number of nitrogens with zero attached hydrogens (tertiary/aromatic N) is 2.